The predicted octanol–water partition coefficient (Wildman–Crippen LogP) is 3.57. The van der Waals surface area contributed by atoms with Crippen molar-refractivity contribution < 1.29 is 9.31 Å². The zero-order valence-corrected chi connectivity index (χ0v) is 14.1. The molecule has 1 fully saturated rings. The van der Waals surface area contributed by atoms with Gasteiger partial charge in [-0.05, 0) is 57.9 Å². The molecule has 0 atom stereocenters. The van der Waals surface area contributed by atoms with Crippen LogP contribution in [0.15, 0.2) is 29.7 Å². The normalized spacial score (nSPS) is 20.9. The maximum atomic E-state index is 6.12. The molecule has 0 amide bonds. The average molecular weight is 308 g/mol. The zero-order valence-electron chi connectivity index (χ0n) is 13.4. The molecule has 1 aromatic rings. The van der Waals surface area contributed by atoms with Crippen molar-refractivity contribution in [2.24, 2.45) is 0 Å². The van der Waals surface area contributed by atoms with Crippen LogP contribution in [0.4, 0.5) is 0 Å². The maximum Gasteiger partial charge on any atom is 0.491 e. The standard InChI is InChI=1S/C16H23BClNO2/c1-15(2)16(3,4)21-17(20-15)13(11-19-5)10-12-6-8-14(18)9-7-12/h6-10,19H,11H2,1-5H3. The molecular formula is C16H23BClNO2. The van der Waals surface area contributed by atoms with Gasteiger partial charge in [0.2, 0.25) is 0 Å². The van der Waals surface area contributed by atoms with Gasteiger partial charge in [0.05, 0.1) is 11.2 Å². The molecule has 1 aliphatic rings. The molecule has 2 rings (SSSR count). The van der Waals surface area contributed by atoms with Crippen molar-refractivity contribution in [3.8, 4) is 0 Å². The lowest BCUT2D eigenvalue weighted by molar-refractivity contribution is 0.00578. The van der Waals surface area contributed by atoms with Crippen molar-refractivity contribution in [2.45, 2.75) is 38.9 Å². The maximum absolute atomic E-state index is 6.12. The quantitative estimate of drug-likeness (QED) is 0.863. The van der Waals surface area contributed by atoms with E-state index in [0.717, 1.165) is 16.1 Å². The smallest absolute Gasteiger partial charge is 0.400 e. The van der Waals surface area contributed by atoms with Crippen LogP contribution in [-0.4, -0.2) is 31.9 Å². The molecule has 1 heterocycles. The summed E-state index contributed by atoms with van der Waals surface area (Å²) < 4.78 is 12.2. The Morgan fingerprint density at radius 3 is 2.14 bits per heavy atom. The second-order valence-corrected chi connectivity index (χ2v) is 6.83. The van der Waals surface area contributed by atoms with Gasteiger partial charge in [0.15, 0.2) is 0 Å². The van der Waals surface area contributed by atoms with Crippen LogP contribution >= 0.6 is 11.6 Å². The molecular weight excluding hydrogens is 284 g/mol. The van der Waals surface area contributed by atoms with E-state index in [1.54, 1.807) is 0 Å². The molecule has 21 heavy (non-hydrogen) atoms. The molecule has 0 spiro atoms. The minimum atomic E-state index is -0.335. The van der Waals surface area contributed by atoms with E-state index in [9.17, 15) is 0 Å². The first-order valence-electron chi connectivity index (χ1n) is 7.21. The van der Waals surface area contributed by atoms with E-state index >= 15 is 0 Å². The van der Waals surface area contributed by atoms with Crippen molar-refractivity contribution in [3.05, 3.63) is 40.3 Å². The topological polar surface area (TPSA) is 30.5 Å². The molecule has 0 bridgehead atoms. The number of halogens is 1. The van der Waals surface area contributed by atoms with Crippen molar-refractivity contribution in [3.63, 3.8) is 0 Å². The Bertz CT molecular complexity index is 510. The van der Waals surface area contributed by atoms with Gasteiger partial charge in [-0.2, -0.15) is 0 Å². The minimum absolute atomic E-state index is 0.329. The molecule has 1 saturated heterocycles. The lowest BCUT2D eigenvalue weighted by atomic mass is 9.77. The average Bonchev–Trinajstić information content (AvgIpc) is 2.60. The third-order valence-corrected chi connectivity index (χ3v) is 4.41. The lowest BCUT2D eigenvalue weighted by Gasteiger charge is -2.32. The molecule has 0 saturated carbocycles. The molecule has 0 aliphatic carbocycles. The summed E-state index contributed by atoms with van der Waals surface area (Å²) in [6.07, 6.45) is 2.09. The fourth-order valence-electron chi connectivity index (χ4n) is 2.17. The van der Waals surface area contributed by atoms with Crippen molar-refractivity contribution in [1.29, 1.82) is 0 Å². The molecule has 0 radical (unpaired) electrons. The fourth-order valence-corrected chi connectivity index (χ4v) is 2.30. The summed E-state index contributed by atoms with van der Waals surface area (Å²) in [4.78, 5) is 0. The molecule has 5 heteroatoms. The second kappa shape index (κ2) is 6.13. The summed E-state index contributed by atoms with van der Waals surface area (Å²) in [7, 11) is 1.58. The summed E-state index contributed by atoms with van der Waals surface area (Å²) in [5.74, 6) is 0. The highest BCUT2D eigenvalue weighted by molar-refractivity contribution is 6.55. The van der Waals surface area contributed by atoms with E-state index in [4.69, 9.17) is 20.9 Å². The number of hydrogen-bond donors (Lipinski definition) is 1. The van der Waals surface area contributed by atoms with Gasteiger partial charge in [-0.25, -0.2) is 0 Å². The second-order valence-electron chi connectivity index (χ2n) is 6.39. The zero-order chi connectivity index (χ0) is 15.7. The minimum Gasteiger partial charge on any atom is -0.400 e. The van der Waals surface area contributed by atoms with Gasteiger partial charge in [0, 0.05) is 11.6 Å². The number of benzene rings is 1. The highest BCUT2D eigenvalue weighted by Crippen LogP contribution is 2.38. The Labute approximate surface area is 132 Å². The van der Waals surface area contributed by atoms with Crippen LogP contribution in [0, 0.1) is 0 Å². The van der Waals surface area contributed by atoms with Crippen LogP contribution in [0.25, 0.3) is 6.08 Å². The summed E-state index contributed by atoms with van der Waals surface area (Å²) >= 11 is 5.93. The first-order chi connectivity index (χ1) is 9.75. The SMILES string of the molecule is CNCC(=Cc1ccc(Cl)cc1)B1OC(C)(C)C(C)(C)O1. The summed E-state index contributed by atoms with van der Waals surface area (Å²) in [5, 5.41) is 3.91. The van der Waals surface area contributed by atoms with Gasteiger partial charge in [0.1, 0.15) is 0 Å². The van der Waals surface area contributed by atoms with Crippen LogP contribution in [-0.2, 0) is 9.31 Å². The molecule has 3 nitrogen and oxygen atoms in total. The Kier molecular flexibility index (Phi) is 4.84. The number of rotatable bonds is 4. The van der Waals surface area contributed by atoms with Crippen molar-refractivity contribution in [2.75, 3.05) is 13.6 Å². The molecule has 0 unspecified atom stereocenters. The molecule has 0 aromatic heterocycles. The highest BCUT2D eigenvalue weighted by atomic mass is 35.5. The van der Waals surface area contributed by atoms with Crippen LogP contribution in [0.3, 0.4) is 0 Å². The first kappa shape index (κ1) is 16.6. The summed E-state index contributed by atoms with van der Waals surface area (Å²) in [6.45, 7) is 8.95. The van der Waals surface area contributed by atoms with Gasteiger partial charge in [-0.3, -0.25) is 0 Å². The van der Waals surface area contributed by atoms with E-state index in [1.807, 2.05) is 31.3 Å². The molecule has 1 aliphatic heterocycles. The lowest BCUT2D eigenvalue weighted by Crippen LogP contribution is -2.41. The molecule has 114 valence electrons. The Balaban J connectivity index is 2.26. The van der Waals surface area contributed by atoms with Crippen molar-refractivity contribution >= 4 is 24.8 Å². The molecule has 1 aromatic carbocycles. The molecule has 1 N–H and O–H groups in total. The summed E-state index contributed by atoms with van der Waals surface area (Å²) in [6, 6.07) is 7.75. The van der Waals surface area contributed by atoms with Gasteiger partial charge in [-0.1, -0.05) is 29.8 Å². The van der Waals surface area contributed by atoms with Crippen LogP contribution in [0.5, 0.6) is 0 Å². The Morgan fingerprint density at radius 1 is 1.14 bits per heavy atom. The van der Waals surface area contributed by atoms with Gasteiger partial charge >= 0.3 is 7.12 Å². The number of likely N-dealkylation sites (N-methyl/N-ethyl adjacent to an activating group) is 1. The van der Waals surface area contributed by atoms with Gasteiger partial charge < -0.3 is 14.6 Å². The van der Waals surface area contributed by atoms with Crippen LogP contribution < -0.4 is 5.32 Å². The largest absolute Gasteiger partial charge is 0.491 e. The van der Waals surface area contributed by atoms with Gasteiger partial charge in [0.25, 0.3) is 0 Å². The van der Waals surface area contributed by atoms with E-state index in [0.29, 0.717) is 6.54 Å². The number of nitrogens with one attached hydrogen (secondary N) is 1. The van der Waals surface area contributed by atoms with Crippen LogP contribution in [0.2, 0.25) is 5.02 Å². The third-order valence-electron chi connectivity index (χ3n) is 4.16. The Morgan fingerprint density at radius 2 is 1.67 bits per heavy atom. The summed E-state index contributed by atoms with van der Waals surface area (Å²) in [5.41, 5.74) is 1.49. The van der Waals surface area contributed by atoms with E-state index in [-0.39, 0.29) is 18.3 Å². The van der Waals surface area contributed by atoms with Crippen molar-refractivity contribution in [1.82, 2.24) is 5.32 Å². The van der Waals surface area contributed by atoms with E-state index in [2.05, 4.69) is 39.1 Å². The number of hydrogen-bond acceptors (Lipinski definition) is 3. The van der Waals surface area contributed by atoms with E-state index < -0.39 is 0 Å². The van der Waals surface area contributed by atoms with Crippen LogP contribution in [0.1, 0.15) is 33.3 Å². The van der Waals surface area contributed by atoms with Gasteiger partial charge in [-0.15, -0.1) is 0 Å². The first-order valence-corrected chi connectivity index (χ1v) is 7.59. The predicted molar refractivity (Wildman–Crippen MR) is 89.4 cm³/mol. The third kappa shape index (κ3) is 3.69. The Hall–Kier alpha value is -0.805. The monoisotopic (exact) mass is 307 g/mol. The van der Waals surface area contributed by atoms with E-state index in [1.165, 1.54) is 0 Å². The highest BCUT2D eigenvalue weighted by Gasteiger charge is 2.52. The fraction of sp³-hybridized carbons (Fsp3) is 0.500.